The van der Waals surface area contributed by atoms with Crippen LogP contribution in [-0.4, -0.2) is 51.4 Å². The smallest absolute Gasteiger partial charge is 0.259 e. The van der Waals surface area contributed by atoms with E-state index in [0.29, 0.717) is 0 Å². The fraction of sp³-hybridized carbons (Fsp3) is 0.200. The van der Waals surface area contributed by atoms with Crippen LogP contribution in [0.4, 0.5) is 17.6 Å². The Kier molecular flexibility index (Phi) is 8.04. The number of fused-ring (bicyclic) bond motifs is 10. The minimum absolute atomic E-state index is 0.0653. The number of rotatable bonds is 8. The number of carbonyl (C=O) groups is 2. The van der Waals surface area contributed by atoms with Crippen LogP contribution in [0.25, 0.3) is 43.6 Å². The Morgan fingerprint density at radius 1 is 0.755 bits per heavy atom. The van der Waals surface area contributed by atoms with Crippen LogP contribution in [0.3, 0.4) is 0 Å². The molecule has 1 unspecified atom stereocenters. The number of aromatic nitrogens is 2. The molecule has 2 aliphatic rings. The van der Waals surface area contributed by atoms with Crippen molar-refractivity contribution in [2.75, 3.05) is 6.61 Å². The molecule has 2 aromatic heterocycles. The number of nitrogens with zero attached hydrogens (tertiary/aromatic N) is 1. The van der Waals surface area contributed by atoms with Gasteiger partial charge in [0.2, 0.25) is 0 Å². The normalized spacial score (nSPS) is 20.2. The summed E-state index contributed by atoms with van der Waals surface area (Å²) in [5, 5.41) is 13.1. The minimum atomic E-state index is -1.23. The first-order chi connectivity index (χ1) is 25.7. The van der Waals surface area contributed by atoms with Crippen molar-refractivity contribution in [2.45, 2.75) is 44.2 Å². The molecule has 0 spiro atoms. The summed E-state index contributed by atoms with van der Waals surface area (Å²) in [4.78, 5) is 30.2. The third kappa shape index (κ3) is 5.38. The van der Waals surface area contributed by atoms with E-state index in [1.165, 1.54) is 4.57 Å². The molecule has 0 radical (unpaired) electrons. The molecule has 4 atom stereocenters. The Morgan fingerprint density at radius 2 is 1.34 bits per heavy atom. The quantitative estimate of drug-likeness (QED) is 0.112. The van der Waals surface area contributed by atoms with Crippen LogP contribution in [0, 0.1) is 23.3 Å². The van der Waals surface area contributed by atoms with Crippen LogP contribution >= 0.6 is 0 Å². The number of nitrogens with one attached hydrogen (secondary N) is 2. The van der Waals surface area contributed by atoms with Gasteiger partial charge in [0, 0.05) is 45.6 Å². The van der Waals surface area contributed by atoms with Crippen LogP contribution in [0.5, 0.6) is 0 Å². The highest BCUT2D eigenvalue weighted by atomic mass is 19.2. The number of aromatic amines is 1. The van der Waals surface area contributed by atoms with Gasteiger partial charge in [-0.2, -0.15) is 0 Å². The lowest BCUT2D eigenvalue weighted by Crippen LogP contribution is -2.49. The van der Waals surface area contributed by atoms with Gasteiger partial charge >= 0.3 is 0 Å². The van der Waals surface area contributed by atoms with Crippen molar-refractivity contribution in [3.8, 4) is 0 Å². The van der Waals surface area contributed by atoms with E-state index < -0.39 is 66.2 Å². The predicted octanol–water partition coefficient (Wildman–Crippen LogP) is 7.32. The number of hydrogen-bond acceptors (Lipinski definition) is 6. The third-order valence-corrected chi connectivity index (χ3v) is 10.1. The number of H-pyrrole nitrogens is 1. The number of ether oxygens (including phenoxy) is 3. The lowest BCUT2D eigenvalue weighted by Gasteiger charge is -2.42. The maximum absolute atomic E-state index is 15.4. The Balaban J connectivity index is 1.35. The fourth-order valence-corrected chi connectivity index (χ4v) is 7.75. The van der Waals surface area contributed by atoms with E-state index in [0.717, 1.165) is 35.4 Å². The highest BCUT2D eigenvalue weighted by Crippen LogP contribution is 2.47. The van der Waals surface area contributed by atoms with Gasteiger partial charge in [-0.05, 0) is 23.3 Å². The average molecular weight is 724 g/mol. The molecule has 53 heavy (non-hydrogen) atoms. The van der Waals surface area contributed by atoms with E-state index in [1.807, 2.05) is 60.7 Å². The number of carbonyl (C=O) groups excluding carboxylic acids is 2. The number of halogens is 4. The van der Waals surface area contributed by atoms with Gasteiger partial charge < -0.3 is 28.9 Å². The SMILES string of the molecule is O=C1NC(=O)c2c1c1c3cc(F)c(F)cc3[nH]c1c1c2c2cc(F)c(F)cc2n1C1O[C@H](CO)C[C@H](OCc2ccccc2)[C@H]1OCc1ccccc1. The highest BCUT2D eigenvalue weighted by molar-refractivity contribution is 6.39. The Hall–Kier alpha value is -5.60. The molecule has 9 nitrogen and oxygen atoms in total. The molecule has 9 rings (SSSR count). The van der Waals surface area contributed by atoms with Gasteiger partial charge in [0.1, 0.15) is 6.10 Å². The summed E-state index contributed by atoms with van der Waals surface area (Å²) in [6.45, 7) is -0.166. The second kappa shape index (κ2) is 12.8. The van der Waals surface area contributed by atoms with E-state index >= 15 is 8.78 Å². The van der Waals surface area contributed by atoms with Gasteiger partial charge in [-0.3, -0.25) is 14.9 Å². The maximum atomic E-state index is 15.4. The summed E-state index contributed by atoms with van der Waals surface area (Å²) in [7, 11) is 0. The largest absolute Gasteiger partial charge is 0.394 e. The standard InChI is InChI=1S/C40H29F4N3O6/c41-24-12-22-28(14-26(24)43)45-35-31(22)33-34(39(50)46-38(33)49)32-23-13-25(42)27(44)15-29(23)47(36(32)35)40-37(52-18-20-9-5-2-6-10-20)30(11-21(16-48)53-40)51-17-19-7-3-1-4-8-19/h1-10,12-15,21,30,37,40,45,48H,11,16-18H2,(H,46,49,50)/t21-,30-,37+,40?/m0/s1. The molecule has 5 aromatic carbocycles. The van der Waals surface area contributed by atoms with E-state index in [2.05, 4.69) is 10.3 Å². The minimum Gasteiger partial charge on any atom is -0.394 e. The number of benzene rings is 5. The third-order valence-electron chi connectivity index (χ3n) is 10.1. The zero-order valence-electron chi connectivity index (χ0n) is 27.7. The molecule has 1 fully saturated rings. The Labute approximate surface area is 297 Å². The first-order valence-corrected chi connectivity index (χ1v) is 16.9. The molecule has 1 saturated heterocycles. The van der Waals surface area contributed by atoms with Gasteiger partial charge in [0.05, 0.1) is 59.7 Å². The molecule has 2 amide bonds. The molecule has 4 heterocycles. The first-order valence-electron chi connectivity index (χ1n) is 16.9. The molecule has 0 saturated carbocycles. The number of hydrogen-bond donors (Lipinski definition) is 3. The number of imide groups is 1. The summed E-state index contributed by atoms with van der Waals surface area (Å²) < 4.78 is 81.2. The lowest BCUT2D eigenvalue weighted by molar-refractivity contribution is -0.235. The lowest BCUT2D eigenvalue weighted by atomic mass is 9.96. The van der Waals surface area contributed by atoms with Crippen molar-refractivity contribution in [3.05, 3.63) is 130 Å². The molecule has 0 bridgehead atoms. The zero-order valence-corrected chi connectivity index (χ0v) is 27.7. The fourth-order valence-electron chi connectivity index (χ4n) is 7.75. The zero-order chi connectivity index (χ0) is 36.5. The summed E-state index contributed by atoms with van der Waals surface area (Å²) in [6, 6.07) is 22.5. The van der Waals surface area contributed by atoms with Crippen molar-refractivity contribution >= 4 is 55.4 Å². The van der Waals surface area contributed by atoms with Crippen LogP contribution in [0.1, 0.15) is 44.5 Å². The van der Waals surface area contributed by atoms with Crippen LogP contribution in [-0.2, 0) is 27.4 Å². The summed E-state index contributed by atoms with van der Waals surface area (Å²) in [5.41, 5.74) is 1.89. The summed E-state index contributed by atoms with van der Waals surface area (Å²) in [6.07, 6.45) is -3.54. The topological polar surface area (TPSA) is 115 Å². The van der Waals surface area contributed by atoms with Crippen LogP contribution in [0.2, 0.25) is 0 Å². The molecular formula is C40H29F4N3O6. The molecule has 0 aliphatic carbocycles. The molecular weight excluding hydrogens is 694 g/mol. The van der Waals surface area contributed by atoms with E-state index in [9.17, 15) is 23.5 Å². The van der Waals surface area contributed by atoms with E-state index in [-0.39, 0.29) is 74.4 Å². The molecule has 2 aliphatic heterocycles. The van der Waals surface area contributed by atoms with Gasteiger partial charge in [-0.1, -0.05) is 60.7 Å². The number of amides is 2. The van der Waals surface area contributed by atoms with E-state index in [4.69, 9.17) is 14.2 Å². The van der Waals surface area contributed by atoms with Gasteiger partial charge in [-0.15, -0.1) is 0 Å². The van der Waals surface area contributed by atoms with Crippen molar-refractivity contribution in [3.63, 3.8) is 0 Å². The molecule has 7 aromatic rings. The van der Waals surface area contributed by atoms with Gasteiger partial charge in [-0.25, -0.2) is 17.6 Å². The number of aliphatic hydroxyl groups is 1. The number of aliphatic hydroxyl groups excluding tert-OH is 1. The van der Waals surface area contributed by atoms with Crippen molar-refractivity contribution < 1.29 is 46.5 Å². The van der Waals surface area contributed by atoms with Crippen molar-refractivity contribution in [1.82, 2.24) is 14.9 Å². The average Bonchev–Trinajstić information content (AvgIpc) is 3.78. The summed E-state index contributed by atoms with van der Waals surface area (Å²) in [5.74, 6) is -6.36. The summed E-state index contributed by atoms with van der Waals surface area (Å²) >= 11 is 0. The van der Waals surface area contributed by atoms with Crippen molar-refractivity contribution in [1.29, 1.82) is 0 Å². The molecule has 3 N–H and O–H groups in total. The maximum Gasteiger partial charge on any atom is 0.259 e. The molecule has 13 heteroatoms. The van der Waals surface area contributed by atoms with Crippen molar-refractivity contribution in [2.24, 2.45) is 0 Å². The molecule has 268 valence electrons. The second-order valence-corrected chi connectivity index (χ2v) is 13.3. The second-order valence-electron chi connectivity index (χ2n) is 13.3. The predicted molar refractivity (Wildman–Crippen MR) is 186 cm³/mol. The Morgan fingerprint density at radius 3 is 2.00 bits per heavy atom. The van der Waals surface area contributed by atoms with E-state index in [1.54, 1.807) is 0 Å². The monoisotopic (exact) mass is 723 g/mol. The highest BCUT2D eigenvalue weighted by Gasteiger charge is 2.44. The van der Waals surface area contributed by atoms with Gasteiger partial charge in [0.15, 0.2) is 29.5 Å². The van der Waals surface area contributed by atoms with Crippen LogP contribution < -0.4 is 5.32 Å². The first kappa shape index (κ1) is 33.3. The van der Waals surface area contributed by atoms with Crippen LogP contribution in [0.15, 0.2) is 84.9 Å². The van der Waals surface area contributed by atoms with Gasteiger partial charge in [0.25, 0.3) is 11.8 Å². The Bertz CT molecular complexity index is 2610.